The van der Waals surface area contributed by atoms with E-state index < -0.39 is 0 Å². The summed E-state index contributed by atoms with van der Waals surface area (Å²) in [5.41, 5.74) is 6.48. The van der Waals surface area contributed by atoms with Gasteiger partial charge in [-0.2, -0.15) is 5.10 Å². The lowest BCUT2D eigenvalue weighted by Crippen LogP contribution is -2.30. The number of aryl methyl sites for hydroxylation is 1. The van der Waals surface area contributed by atoms with Crippen molar-refractivity contribution in [3.8, 4) is 5.88 Å². The van der Waals surface area contributed by atoms with Crippen molar-refractivity contribution in [3.63, 3.8) is 0 Å². The molecule has 0 fully saturated rings. The molecule has 3 N–H and O–H groups in total. The van der Waals surface area contributed by atoms with Crippen LogP contribution in [0.4, 0.5) is 0 Å². The Kier molecular flexibility index (Phi) is 3.66. The highest BCUT2D eigenvalue weighted by molar-refractivity contribution is 5.81. The minimum Gasteiger partial charge on any atom is -0.481 e. The van der Waals surface area contributed by atoms with Gasteiger partial charge in [0.1, 0.15) is 0 Å². The average molecular weight is 250 g/mol. The number of hydrogen-bond donors (Lipinski definition) is 2. The van der Waals surface area contributed by atoms with E-state index in [0.29, 0.717) is 18.8 Å². The van der Waals surface area contributed by atoms with Crippen molar-refractivity contribution in [2.24, 2.45) is 18.7 Å². The molecule has 0 radical (unpaired) electrons. The second-order valence-electron chi connectivity index (χ2n) is 4.41. The highest BCUT2D eigenvalue weighted by Gasteiger charge is 2.22. The summed E-state index contributed by atoms with van der Waals surface area (Å²) in [6, 6.07) is 1.80. The molecule has 2 rings (SSSR count). The van der Waals surface area contributed by atoms with Crippen LogP contribution in [-0.4, -0.2) is 28.8 Å². The van der Waals surface area contributed by atoms with Gasteiger partial charge in [0.2, 0.25) is 11.8 Å². The zero-order valence-corrected chi connectivity index (χ0v) is 10.6. The van der Waals surface area contributed by atoms with Crippen LogP contribution in [0.3, 0.4) is 0 Å². The molecule has 2 unspecified atom stereocenters. The second kappa shape index (κ2) is 5.22. The maximum absolute atomic E-state index is 11.8. The third-order valence-corrected chi connectivity index (χ3v) is 2.99. The van der Waals surface area contributed by atoms with E-state index in [1.807, 2.05) is 12.2 Å². The van der Waals surface area contributed by atoms with Crippen LogP contribution in [0.25, 0.3) is 0 Å². The van der Waals surface area contributed by atoms with Crippen LogP contribution < -0.4 is 15.8 Å². The van der Waals surface area contributed by atoms with Crippen LogP contribution in [0.5, 0.6) is 5.88 Å². The molecule has 18 heavy (non-hydrogen) atoms. The first-order valence-corrected chi connectivity index (χ1v) is 5.88. The monoisotopic (exact) mass is 250 g/mol. The Hall–Kier alpha value is -1.82. The van der Waals surface area contributed by atoms with Crippen molar-refractivity contribution in [2.45, 2.75) is 19.0 Å². The summed E-state index contributed by atoms with van der Waals surface area (Å²) in [4.78, 5) is 11.8. The summed E-state index contributed by atoms with van der Waals surface area (Å²) in [7, 11) is 3.38. The molecular weight excluding hydrogens is 232 g/mol. The highest BCUT2D eigenvalue weighted by atomic mass is 16.5. The number of nitrogens with two attached hydrogens (primary N) is 1. The van der Waals surface area contributed by atoms with Gasteiger partial charge < -0.3 is 15.8 Å². The number of carbonyl (C=O) groups excluding carboxylic acids is 1. The molecule has 0 aliphatic heterocycles. The van der Waals surface area contributed by atoms with Crippen molar-refractivity contribution < 1.29 is 9.53 Å². The van der Waals surface area contributed by atoms with Crippen molar-refractivity contribution in [3.05, 3.63) is 23.9 Å². The topological polar surface area (TPSA) is 82.2 Å². The Bertz CT molecular complexity index is 467. The van der Waals surface area contributed by atoms with Gasteiger partial charge in [-0.1, -0.05) is 12.2 Å². The molecule has 6 heteroatoms. The summed E-state index contributed by atoms with van der Waals surface area (Å²) < 4.78 is 6.74. The molecule has 2 atom stereocenters. The van der Waals surface area contributed by atoms with Crippen molar-refractivity contribution in [1.29, 1.82) is 0 Å². The number of amides is 1. The van der Waals surface area contributed by atoms with Gasteiger partial charge in [-0.05, 0) is 6.42 Å². The molecule has 0 bridgehead atoms. The van der Waals surface area contributed by atoms with Gasteiger partial charge in [-0.3, -0.25) is 4.79 Å². The Balaban J connectivity index is 1.87. The maximum atomic E-state index is 11.8. The van der Waals surface area contributed by atoms with Gasteiger partial charge in [0.15, 0.2) is 0 Å². The predicted octanol–water partition coefficient (Wildman–Crippen LogP) is -0.0517. The number of nitrogens with zero attached hydrogens (tertiary/aromatic N) is 2. The van der Waals surface area contributed by atoms with E-state index in [2.05, 4.69) is 10.4 Å². The van der Waals surface area contributed by atoms with Gasteiger partial charge in [-0.15, -0.1) is 0 Å². The summed E-state index contributed by atoms with van der Waals surface area (Å²) in [6.07, 6.45) is 4.41. The first-order chi connectivity index (χ1) is 8.60. The molecule has 1 aromatic heterocycles. The number of aromatic nitrogens is 2. The summed E-state index contributed by atoms with van der Waals surface area (Å²) >= 11 is 0. The number of carbonyl (C=O) groups is 1. The number of ether oxygens (including phenoxy) is 1. The van der Waals surface area contributed by atoms with Crippen molar-refractivity contribution >= 4 is 5.91 Å². The third-order valence-electron chi connectivity index (χ3n) is 2.99. The van der Waals surface area contributed by atoms with Crippen LogP contribution in [0.15, 0.2) is 18.2 Å². The summed E-state index contributed by atoms with van der Waals surface area (Å²) in [5.74, 6) is 0.538. The molecule has 1 amide bonds. The minimum absolute atomic E-state index is 0.00399. The molecule has 0 saturated carbocycles. The van der Waals surface area contributed by atoms with E-state index in [9.17, 15) is 4.79 Å². The zero-order valence-electron chi connectivity index (χ0n) is 10.6. The number of nitrogens with one attached hydrogen (secondary N) is 1. The van der Waals surface area contributed by atoms with E-state index in [-0.39, 0.29) is 17.9 Å². The summed E-state index contributed by atoms with van der Waals surface area (Å²) in [6.45, 7) is 0.398. The van der Waals surface area contributed by atoms with Crippen LogP contribution in [0.1, 0.15) is 12.1 Å². The van der Waals surface area contributed by atoms with Crippen LogP contribution in [-0.2, 0) is 18.4 Å². The Morgan fingerprint density at radius 3 is 3.00 bits per heavy atom. The fourth-order valence-corrected chi connectivity index (χ4v) is 2.01. The van der Waals surface area contributed by atoms with E-state index in [0.717, 1.165) is 5.69 Å². The number of hydrogen-bond acceptors (Lipinski definition) is 4. The predicted molar refractivity (Wildman–Crippen MR) is 66.8 cm³/mol. The minimum atomic E-state index is -0.120. The Labute approximate surface area is 106 Å². The van der Waals surface area contributed by atoms with E-state index >= 15 is 0 Å². The first-order valence-electron chi connectivity index (χ1n) is 5.88. The van der Waals surface area contributed by atoms with E-state index in [4.69, 9.17) is 10.5 Å². The largest absolute Gasteiger partial charge is 0.481 e. The molecular formula is C12H18N4O2. The molecule has 98 valence electrons. The Morgan fingerprint density at radius 2 is 2.44 bits per heavy atom. The van der Waals surface area contributed by atoms with E-state index in [1.54, 1.807) is 24.9 Å². The van der Waals surface area contributed by atoms with Crippen molar-refractivity contribution in [1.82, 2.24) is 15.1 Å². The smallest absolute Gasteiger partial charge is 0.227 e. The molecule has 1 aromatic rings. The van der Waals surface area contributed by atoms with Crippen LogP contribution >= 0.6 is 0 Å². The zero-order chi connectivity index (χ0) is 13.1. The first kappa shape index (κ1) is 12.6. The number of methoxy groups -OCH3 is 1. The van der Waals surface area contributed by atoms with Gasteiger partial charge in [-0.25, -0.2) is 4.68 Å². The molecule has 0 spiro atoms. The van der Waals surface area contributed by atoms with E-state index in [1.165, 1.54) is 0 Å². The fraction of sp³-hybridized carbons (Fsp3) is 0.500. The van der Waals surface area contributed by atoms with Gasteiger partial charge >= 0.3 is 0 Å². The standard InChI is InChI=1S/C12H18N4O2/c1-16-11(18-2)6-10(15-16)7-14-12(17)8-3-4-9(13)5-8/h3-4,6,8-9H,5,7,13H2,1-2H3,(H,14,17). The maximum Gasteiger partial charge on any atom is 0.227 e. The lowest BCUT2D eigenvalue weighted by molar-refractivity contribution is -0.123. The van der Waals surface area contributed by atoms with Gasteiger partial charge in [0, 0.05) is 19.2 Å². The lowest BCUT2D eigenvalue weighted by Gasteiger charge is -2.09. The average Bonchev–Trinajstić information content (AvgIpc) is 2.92. The SMILES string of the molecule is COc1cc(CNC(=O)C2C=CC(N)C2)nn1C. The second-order valence-corrected chi connectivity index (χ2v) is 4.41. The normalized spacial score (nSPS) is 22.2. The van der Waals surface area contributed by atoms with Gasteiger partial charge in [0.05, 0.1) is 25.3 Å². The molecule has 1 heterocycles. The molecule has 0 saturated heterocycles. The molecule has 1 aliphatic carbocycles. The summed E-state index contributed by atoms with van der Waals surface area (Å²) in [5, 5.41) is 7.08. The highest BCUT2D eigenvalue weighted by Crippen LogP contribution is 2.16. The quantitative estimate of drug-likeness (QED) is 0.734. The fourth-order valence-electron chi connectivity index (χ4n) is 2.01. The third kappa shape index (κ3) is 2.70. The number of rotatable bonds is 4. The molecule has 0 aromatic carbocycles. The lowest BCUT2D eigenvalue weighted by atomic mass is 10.1. The molecule has 1 aliphatic rings. The molecule has 6 nitrogen and oxygen atoms in total. The van der Waals surface area contributed by atoms with Crippen molar-refractivity contribution in [2.75, 3.05) is 7.11 Å². The van der Waals surface area contributed by atoms with Crippen LogP contribution in [0, 0.1) is 5.92 Å². The van der Waals surface area contributed by atoms with Crippen LogP contribution in [0.2, 0.25) is 0 Å². The Morgan fingerprint density at radius 1 is 1.67 bits per heavy atom. The van der Waals surface area contributed by atoms with Gasteiger partial charge in [0.25, 0.3) is 0 Å².